The van der Waals surface area contributed by atoms with Crippen LogP contribution in [0.15, 0.2) is 35.6 Å². The van der Waals surface area contributed by atoms with Gasteiger partial charge >= 0.3 is 0 Å². The summed E-state index contributed by atoms with van der Waals surface area (Å²) >= 11 is 0. The molecule has 6 nitrogen and oxygen atoms in total. The van der Waals surface area contributed by atoms with E-state index in [9.17, 15) is 0 Å². The lowest BCUT2D eigenvalue weighted by atomic mass is 10.1. The second kappa shape index (κ2) is 7.06. The van der Waals surface area contributed by atoms with Crippen molar-refractivity contribution in [2.24, 2.45) is 10.9 Å². The molecule has 1 aliphatic rings. The topological polar surface area (TPSA) is 78.0 Å². The van der Waals surface area contributed by atoms with Gasteiger partial charge in [0.2, 0.25) is 0 Å². The van der Waals surface area contributed by atoms with E-state index >= 15 is 0 Å². The average molecular weight is 298 g/mol. The molecule has 1 heterocycles. The van der Waals surface area contributed by atoms with Gasteiger partial charge in [-0.25, -0.2) is 9.98 Å². The zero-order valence-electron chi connectivity index (χ0n) is 12.8. The molecule has 3 N–H and O–H groups in total. The zero-order chi connectivity index (χ0) is 15.2. The summed E-state index contributed by atoms with van der Waals surface area (Å²) in [6.07, 6.45) is 4.20. The van der Waals surface area contributed by atoms with Crippen molar-refractivity contribution in [3.8, 4) is 11.4 Å². The van der Waals surface area contributed by atoms with Crippen molar-refractivity contribution < 1.29 is 0 Å². The summed E-state index contributed by atoms with van der Waals surface area (Å²) in [5.74, 6) is 2.50. The molecule has 0 saturated heterocycles. The fraction of sp³-hybridized carbons (Fsp3) is 0.438. The smallest absolute Gasteiger partial charge is 0.191 e. The number of aromatic nitrogens is 3. The highest BCUT2D eigenvalue weighted by molar-refractivity contribution is 5.79. The Kier molecular flexibility index (Phi) is 4.68. The van der Waals surface area contributed by atoms with Crippen molar-refractivity contribution >= 4 is 5.96 Å². The molecular weight excluding hydrogens is 276 g/mol. The maximum atomic E-state index is 4.65. The van der Waals surface area contributed by atoms with Crippen molar-refractivity contribution in [3.63, 3.8) is 0 Å². The lowest BCUT2D eigenvalue weighted by Gasteiger charge is -2.10. The minimum atomic E-state index is 0.641. The molecule has 1 aromatic heterocycles. The Morgan fingerprint density at radius 3 is 3.00 bits per heavy atom. The van der Waals surface area contributed by atoms with Crippen molar-refractivity contribution in [3.05, 3.63) is 36.2 Å². The highest BCUT2D eigenvalue weighted by atomic mass is 15.2. The Morgan fingerprint density at radius 1 is 1.36 bits per heavy atom. The number of nitrogens with one attached hydrogen (secondary N) is 3. The summed E-state index contributed by atoms with van der Waals surface area (Å²) in [6, 6.07) is 8.21. The van der Waals surface area contributed by atoms with Gasteiger partial charge in [-0.05, 0) is 37.3 Å². The number of rotatable bonds is 6. The van der Waals surface area contributed by atoms with Crippen LogP contribution in [-0.4, -0.2) is 34.2 Å². The number of guanidine groups is 1. The molecule has 0 unspecified atom stereocenters. The van der Waals surface area contributed by atoms with Crippen LogP contribution in [0.4, 0.5) is 0 Å². The van der Waals surface area contributed by atoms with E-state index in [2.05, 4.69) is 49.9 Å². The van der Waals surface area contributed by atoms with Crippen molar-refractivity contribution in [1.29, 1.82) is 0 Å². The molecule has 0 radical (unpaired) electrons. The van der Waals surface area contributed by atoms with Gasteiger partial charge in [0.15, 0.2) is 11.8 Å². The first-order valence-electron chi connectivity index (χ1n) is 7.82. The van der Waals surface area contributed by atoms with E-state index < -0.39 is 0 Å². The van der Waals surface area contributed by atoms with Gasteiger partial charge in [-0.15, -0.1) is 0 Å². The summed E-state index contributed by atoms with van der Waals surface area (Å²) in [7, 11) is 0. The number of hydrogen-bond acceptors (Lipinski definition) is 3. The van der Waals surface area contributed by atoms with Gasteiger partial charge < -0.3 is 10.6 Å². The van der Waals surface area contributed by atoms with E-state index in [0.29, 0.717) is 6.54 Å². The molecule has 0 amide bonds. The van der Waals surface area contributed by atoms with Crippen molar-refractivity contribution in [2.45, 2.75) is 26.3 Å². The lowest BCUT2D eigenvalue weighted by molar-refractivity contribution is 0.739. The normalized spacial score (nSPS) is 14.9. The van der Waals surface area contributed by atoms with Crippen LogP contribution >= 0.6 is 0 Å². The monoisotopic (exact) mass is 298 g/mol. The summed E-state index contributed by atoms with van der Waals surface area (Å²) in [6.45, 7) is 4.61. The molecule has 1 saturated carbocycles. The molecule has 6 heteroatoms. The number of H-pyrrole nitrogens is 1. The van der Waals surface area contributed by atoms with Gasteiger partial charge in [0.05, 0.1) is 6.54 Å². The third kappa shape index (κ3) is 4.07. The largest absolute Gasteiger partial charge is 0.357 e. The maximum absolute atomic E-state index is 4.65. The standard InChI is InChI=1S/C16H22N6/c1-2-17-16(18-9-12-6-7-12)19-10-13-4-3-5-14(8-13)15-20-11-21-22-15/h3-5,8,11-12H,2,6-7,9-10H2,1H3,(H2,17,18,19)(H,20,21,22). The third-order valence-electron chi connectivity index (χ3n) is 3.63. The van der Waals surface area contributed by atoms with E-state index in [4.69, 9.17) is 0 Å². The van der Waals surface area contributed by atoms with Gasteiger partial charge in [0.25, 0.3) is 0 Å². The minimum absolute atomic E-state index is 0.641. The Labute approximate surface area is 130 Å². The molecule has 0 atom stereocenters. The second-order valence-corrected chi connectivity index (χ2v) is 5.55. The predicted molar refractivity (Wildman–Crippen MR) is 87.4 cm³/mol. The molecule has 116 valence electrons. The summed E-state index contributed by atoms with van der Waals surface area (Å²) < 4.78 is 0. The van der Waals surface area contributed by atoms with Gasteiger partial charge in [-0.2, -0.15) is 5.10 Å². The van der Waals surface area contributed by atoms with Gasteiger partial charge in [0, 0.05) is 18.7 Å². The number of hydrogen-bond donors (Lipinski definition) is 3. The molecular formula is C16H22N6. The maximum Gasteiger partial charge on any atom is 0.191 e. The van der Waals surface area contributed by atoms with Gasteiger partial charge in [0.1, 0.15) is 6.33 Å². The van der Waals surface area contributed by atoms with Gasteiger partial charge in [-0.3, -0.25) is 5.10 Å². The highest BCUT2D eigenvalue weighted by Crippen LogP contribution is 2.27. The predicted octanol–water partition coefficient (Wildman–Crippen LogP) is 1.94. The van der Waals surface area contributed by atoms with Crippen molar-refractivity contribution in [2.75, 3.05) is 13.1 Å². The molecule has 0 bridgehead atoms. The lowest BCUT2D eigenvalue weighted by Crippen LogP contribution is -2.38. The first-order valence-corrected chi connectivity index (χ1v) is 7.82. The van der Waals surface area contributed by atoms with Crippen LogP contribution in [0.3, 0.4) is 0 Å². The molecule has 1 aliphatic carbocycles. The van der Waals surface area contributed by atoms with Crippen LogP contribution in [0, 0.1) is 5.92 Å². The Hall–Kier alpha value is -2.37. The van der Waals surface area contributed by atoms with E-state index in [0.717, 1.165) is 41.9 Å². The van der Waals surface area contributed by atoms with Crippen LogP contribution in [0.25, 0.3) is 11.4 Å². The van der Waals surface area contributed by atoms with Crippen LogP contribution < -0.4 is 10.6 Å². The minimum Gasteiger partial charge on any atom is -0.357 e. The molecule has 0 spiro atoms. The zero-order valence-corrected chi connectivity index (χ0v) is 12.8. The summed E-state index contributed by atoms with van der Waals surface area (Å²) in [5, 5.41) is 13.5. The second-order valence-electron chi connectivity index (χ2n) is 5.55. The van der Waals surface area contributed by atoms with Crippen LogP contribution in [-0.2, 0) is 6.54 Å². The summed E-state index contributed by atoms with van der Waals surface area (Å²) in [5.41, 5.74) is 2.18. The molecule has 0 aliphatic heterocycles. The molecule has 3 rings (SSSR count). The number of benzene rings is 1. The fourth-order valence-corrected chi connectivity index (χ4v) is 2.24. The average Bonchev–Trinajstić information content (AvgIpc) is 3.21. The van der Waals surface area contributed by atoms with Gasteiger partial charge in [-0.1, -0.05) is 18.2 Å². The Morgan fingerprint density at radius 2 is 2.27 bits per heavy atom. The van der Waals surface area contributed by atoms with E-state index in [-0.39, 0.29) is 0 Å². The third-order valence-corrected chi connectivity index (χ3v) is 3.63. The Bertz CT molecular complexity index is 615. The first-order chi connectivity index (χ1) is 10.8. The first kappa shape index (κ1) is 14.6. The quantitative estimate of drug-likeness (QED) is 0.562. The van der Waals surface area contributed by atoms with Crippen molar-refractivity contribution in [1.82, 2.24) is 25.8 Å². The SMILES string of the molecule is CCNC(=NCc1cccc(-c2ncn[nH]2)c1)NCC1CC1. The number of nitrogens with zero attached hydrogens (tertiary/aromatic N) is 3. The molecule has 1 aromatic carbocycles. The Balaban J connectivity index is 1.65. The molecule has 2 aromatic rings. The van der Waals surface area contributed by atoms with Crippen LogP contribution in [0.5, 0.6) is 0 Å². The van der Waals surface area contributed by atoms with Crippen LogP contribution in [0.2, 0.25) is 0 Å². The number of aromatic amines is 1. The summed E-state index contributed by atoms with van der Waals surface area (Å²) in [4.78, 5) is 8.83. The van der Waals surface area contributed by atoms with E-state index in [1.54, 1.807) is 0 Å². The fourth-order valence-electron chi connectivity index (χ4n) is 2.24. The highest BCUT2D eigenvalue weighted by Gasteiger charge is 2.20. The van der Waals surface area contributed by atoms with E-state index in [1.807, 2.05) is 12.1 Å². The van der Waals surface area contributed by atoms with Crippen LogP contribution in [0.1, 0.15) is 25.3 Å². The molecule has 1 fully saturated rings. The number of aliphatic imine (C=N–C) groups is 1. The molecule has 22 heavy (non-hydrogen) atoms. The van der Waals surface area contributed by atoms with E-state index in [1.165, 1.54) is 19.2 Å².